The molecule has 3 heteroatoms. The van der Waals surface area contributed by atoms with Gasteiger partial charge in [0.2, 0.25) is 0 Å². The van der Waals surface area contributed by atoms with Gasteiger partial charge in [0.1, 0.15) is 0 Å². The van der Waals surface area contributed by atoms with Crippen LogP contribution in [0, 0.1) is 29.6 Å². The van der Waals surface area contributed by atoms with Crippen LogP contribution in [0.1, 0.15) is 56.6 Å². The monoisotopic (exact) mass is 427 g/mol. The quantitative estimate of drug-likeness (QED) is 0.442. The Hall–Kier alpha value is -2.68. The Morgan fingerprint density at radius 3 is 2.06 bits per heavy atom. The molecule has 3 nitrogen and oxygen atoms in total. The summed E-state index contributed by atoms with van der Waals surface area (Å²) in [6.07, 6.45) is 15.9. The van der Waals surface area contributed by atoms with Gasteiger partial charge >= 0.3 is 0 Å². The molecule has 6 rings (SSSR count). The van der Waals surface area contributed by atoms with Gasteiger partial charge in [-0.3, -0.25) is 14.5 Å². The van der Waals surface area contributed by atoms with Crippen molar-refractivity contribution in [3.63, 3.8) is 0 Å². The number of hydrogen-bond donors (Lipinski definition) is 0. The standard InChI is InChI=1S/C16H18.C13H15NO2/c1-11(2)13-5-7-14(8-6-13)16-10-12-3-4-15(16)9-12;1-8-4-12(15)14(13(8)16)7-11-6-9-2-3-10(11)5-9/h3-8,12,15-16H,1,9-10H2,2H3;2-4,9-11H,5-7H2,1H3. The summed E-state index contributed by atoms with van der Waals surface area (Å²) < 4.78 is 0. The van der Waals surface area contributed by atoms with Gasteiger partial charge in [0.25, 0.3) is 11.8 Å². The van der Waals surface area contributed by atoms with E-state index in [-0.39, 0.29) is 11.8 Å². The van der Waals surface area contributed by atoms with E-state index in [1.54, 1.807) is 6.92 Å². The molecule has 4 bridgehead atoms. The number of amides is 2. The van der Waals surface area contributed by atoms with Gasteiger partial charge in [-0.2, -0.15) is 0 Å². The summed E-state index contributed by atoms with van der Waals surface area (Å²) in [5, 5.41) is 0. The van der Waals surface area contributed by atoms with E-state index in [9.17, 15) is 9.59 Å². The summed E-state index contributed by atoms with van der Waals surface area (Å²) in [5.74, 6) is 3.97. The van der Waals surface area contributed by atoms with Gasteiger partial charge in [-0.1, -0.05) is 60.7 Å². The lowest BCUT2D eigenvalue weighted by molar-refractivity contribution is -0.138. The summed E-state index contributed by atoms with van der Waals surface area (Å²) in [5.41, 5.74) is 4.51. The first-order chi connectivity index (χ1) is 15.4. The summed E-state index contributed by atoms with van der Waals surface area (Å²) >= 11 is 0. The number of carbonyl (C=O) groups excluding carboxylic acids is 2. The molecule has 0 aromatic heterocycles. The van der Waals surface area contributed by atoms with Crippen LogP contribution in [-0.2, 0) is 9.59 Å². The summed E-state index contributed by atoms with van der Waals surface area (Å²) in [6, 6.07) is 9.02. The van der Waals surface area contributed by atoms with Crippen LogP contribution in [-0.4, -0.2) is 23.3 Å². The Morgan fingerprint density at radius 2 is 1.59 bits per heavy atom. The Labute approximate surface area is 191 Å². The lowest BCUT2D eigenvalue weighted by atomic mass is 9.86. The van der Waals surface area contributed by atoms with E-state index in [0.717, 1.165) is 29.7 Å². The van der Waals surface area contributed by atoms with Crippen LogP contribution in [0.4, 0.5) is 0 Å². The SMILES string of the molecule is C=C(C)c1ccc(C2CC3C=CC2C3)cc1.CC1=CC(=O)N(CC2CC3C=CC2C3)C1=O. The van der Waals surface area contributed by atoms with Crippen LogP contribution >= 0.6 is 0 Å². The van der Waals surface area contributed by atoms with E-state index >= 15 is 0 Å². The van der Waals surface area contributed by atoms with Crippen LogP contribution < -0.4 is 0 Å². The van der Waals surface area contributed by atoms with Crippen molar-refractivity contribution < 1.29 is 9.59 Å². The molecule has 6 atom stereocenters. The Kier molecular flexibility index (Phi) is 5.53. The first-order valence-corrected chi connectivity index (χ1v) is 12.1. The van der Waals surface area contributed by atoms with Gasteiger partial charge in [0.15, 0.2) is 0 Å². The van der Waals surface area contributed by atoms with Crippen LogP contribution in [0.15, 0.2) is 66.8 Å². The Morgan fingerprint density at radius 1 is 0.938 bits per heavy atom. The van der Waals surface area contributed by atoms with Crippen LogP contribution in [0.3, 0.4) is 0 Å². The fourth-order valence-electron chi connectivity index (χ4n) is 6.33. The molecule has 0 radical (unpaired) electrons. The lowest BCUT2D eigenvalue weighted by Gasteiger charge is -2.23. The fourth-order valence-corrected chi connectivity index (χ4v) is 6.33. The number of allylic oxidation sites excluding steroid dienone is 5. The molecule has 1 heterocycles. The number of benzene rings is 1. The highest BCUT2D eigenvalue weighted by Gasteiger charge is 2.39. The molecular weight excluding hydrogens is 394 g/mol. The van der Waals surface area contributed by atoms with Crippen molar-refractivity contribution in [1.82, 2.24) is 4.90 Å². The molecule has 1 aromatic carbocycles. The van der Waals surface area contributed by atoms with Crippen LogP contribution in [0.2, 0.25) is 0 Å². The van der Waals surface area contributed by atoms with Gasteiger partial charge in [0, 0.05) is 18.2 Å². The number of rotatable bonds is 4. The van der Waals surface area contributed by atoms with Crippen molar-refractivity contribution in [3.8, 4) is 0 Å². The second-order valence-corrected chi connectivity index (χ2v) is 10.4. The highest BCUT2D eigenvalue weighted by molar-refractivity contribution is 6.15. The zero-order valence-corrected chi connectivity index (χ0v) is 19.2. The number of hydrogen-bond acceptors (Lipinski definition) is 2. The average Bonchev–Trinajstić information content (AvgIpc) is 3.61. The van der Waals surface area contributed by atoms with Crippen molar-refractivity contribution >= 4 is 17.4 Å². The van der Waals surface area contributed by atoms with E-state index in [4.69, 9.17) is 0 Å². The van der Waals surface area contributed by atoms with Crippen molar-refractivity contribution in [2.45, 2.75) is 45.4 Å². The van der Waals surface area contributed by atoms with Gasteiger partial charge in [-0.25, -0.2) is 0 Å². The van der Waals surface area contributed by atoms with E-state index < -0.39 is 0 Å². The molecule has 0 N–H and O–H groups in total. The number of nitrogens with zero attached hydrogens (tertiary/aromatic N) is 1. The molecular formula is C29H33NO2. The third-order valence-corrected chi connectivity index (χ3v) is 8.13. The van der Waals surface area contributed by atoms with Crippen LogP contribution in [0.25, 0.3) is 5.57 Å². The fraction of sp³-hybridized carbons (Fsp3) is 0.448. The predicted octanol–water partition coefficient (Wildman–Crippen LogP) is 5.91. The van der Waals surface area contributed by atoms with Gasteiger partial charge in [0.05, 0.1) is 0 Å². The topological polar surface area (TPSA) is 37.4 Å². The van der Waals surface area contributed by atoms with Crippen molar-refractivity contribution in [2.24, 2.45) is 29.6 Å². The van der Waals surface area contributed by atoms with E-state index in [2.05, 4.69) is 62.1 Å². The molecule has 4 aliphatic carbocycles. The van der Waals surface area contributed by atoms with E-state index in [0.29, 0.717) is 29.9 Å². The number of imide groups is 1. The maximum atomic E-state index is 11.7. The zero-order valence-electron chi connectivity index (χ0n) is 19.2. The zero-order chi connectivity index (χ0) is 22.4. The highest BCUT2D eigenvalue weighted by Crippen LogP contribution is 2.48. The molecule has 1 aromatic rings. The molecule has 2 amide bonds. The van der Waals surface area contributed by atoms with Crippen molar-refractivity contribution in [3.05, 3.63) is 77.9 Å². The van der Waals surface area contributed by atoms with E-state index in [1.165, 1.54) is 41.4 Å². The first-order valence-electron chi connectivity index (χ1n) is 12.1. The maximum absolute atomic E-state index is 11.7. The average molecular weight is 428 g/mol. The van der Waals surface area contributed by atoms with Gasteiger partial charge < -0.3 is 0 Å². The third kappa shape index (κ3) is 3.94. The third-order valence-electron chi connectivity index (χ3n) is 8.13. The molecule has 6 unspecified atom stereocenters. The smallest absolute Gasteiger partial charge is 0.256 e. The number of fused-ring (bicyclic) bond motifs is 4. The van der Waals surface area contributed by atoms with Gasteiger partial charge in [-0.15, -0.1) is 0 Å². The molecule has 5 aliphatic rings. The molecule has 0 saturated heterocycles. The van der Waals surface area contributed by atoms with Crippen LogP contribution in [0.5, 0.6) is 0 Å². The minimum absolute atomic E-state index is 0.100. The summed E-state index contributed by atoms with van der Waals surface area (Å²) in [4.78, 5) is 24.7. The second-order valence-electron chi connectivity index (χ2n) is 10.4. The largest absolute Gasteiger partial charge is 0.275 e. The molecule has 166 valence electrons. The summed E-state index contributed by atoms with van der Waals surface area (Å²) in [7, 11) is 0. The first kappa shape index (κ1) is 21.2. The minimum atomic E-state index is -0.130. The second kappa shape index (κ2) is 8.35. The normalized spacial score (nSPS) is 33.7. The van der Waals surface area contributed by atoms with Crippen molar-refractivity contribution in [2.75, 3.05) is 6.54 Å². The molecule has 2 fully saturated rings. The number of carbonyl (C=O) groups is 2. The van der Waals surface area contributed by atoms with Gasteiger partial charge in [-0.05, 0) is 86.2 Å². The highest BCUT2D eigenvalue weighted by atomic mass is 16.2. The maximum Gasteiger partial charge on any atom is 0.256 e. The molecule has 1 aliphatic heterocycles. The molecule has 2 saturated carbocycles. The lowest BCUT2D eigenvalue weighted by Crippen LogP contribution is -2.36. The van der Waals surface area contributed by atoms with Crippen molar-refractivity contribution in [1.29, 1.82) is 0 Å². The minimum Gasteiger partial charge on any atom is -0.275 e. The van der Waals surface area contributed by atoms with E-state index in [1.807, 2.05) is 0 Å². The molecule has 32 heavy (non-hydrogen) atoms. The Bertz CT molecular complexity index is 1030. The predicted molar refractivity (Wildman–Crippen MR) is 129 cm³/mol. The summed E-state index contributed by atoms with van der Waals surface area (Å²) in [6.45, 7) is 8.36. The molecule has 0 spiro atoms. The Balaban J connectivity index is 0.000000135.